The number of pyridine rings is 1. The van der Waals surface area contributed by atoms with E-state index in [1.54, 1.807) is 12.1 Å². The van der Waals surface area contributed by atoms with Gasteiger partial charge in [0, 0.05) is 43.0 Å². The van der Waals surface area contributed by atoms with Gasteiger partial charge in [-0.15, -0.1) is 0 Å². The van der Waals surface area contributed by atoms with E-state index in [2.05, 4.69) is 28.2 Å². The van der Waals surface area contributed by atoms with E-state index < -0.39 is 0 Å². The molecule has 1 aromatic carbocycles. The Balaban J connectivity index is 1.45. The number of rotatable bonds is 5. The van der Waals surface area contributed by atoms with Gasteiger partial charge in [-0.05, 0) is 61.9 Å². The molecule has 0 bridgehead atoms. The van der Waals surface area contributed by atoms with E-state index in [1.807, 2.05) is 12.3 Å². The largest absolute Gasteiger partial charge is 0.326 e. The van der Waals surface area contributed by atoms with Gasteiger partial charge in [0.25, 0.3) is 0 Å². The Labute approximate surface area is 141 Å². The molecule has 24 heavy (non-hydrogen) atoms. The molecular formula is C19H22FN3O. The lowest BCUT2D eigenvalue weighted by Crippen LogP contribution is -2.25. The fourth-order valence-electron chi connectivity index (χ4n) is 3.08. The van der Waals surface area contributed by atoms with Gasteiger partial charge < -0.3 is 10.2 Å². The lowest BCUT2D eigenvalue weighted by molar-refractivity contribution is -0.116. The lowest BCUT2D eigenvalue weighted by Gasteiger charge is -2.16. The van der Waals surface area contributed by atoms with Gasteiger partial charge in [-0.1, -0.05) is 0 Å². The summed E-state index contributed by atoms with van der Waals surface area (Å²) in [6, 6.07) is 9.99. The minimum absolute atomic E-state index is 0.0428. The number of aromatic nitrogens is 1. The zero-order chi connectivity index (χ0) is 16.9. The van der Waals surface area contributed by atoms with Gasteiger partial charge in [-0.2, -0.15) is 0 Å². The predicted octanol–water partition coefficient (Wildman–Crippen LogP) is 3.35. The second-order valence-electron chi connectivity index (χ2n) is 6.35. The number of anilines is 1. The van der Waals surface area contributed by atoms with Crippen molar-refractivity contribution in [2.45, 2.75) is 25.7 Å². The molecular weight excluding hydrogens is 305 g/mol. The summed E-state index contributed by atoms with van der Waals surface area (Å²) < 4.78 is 12.9. The number of nitrogens with zero attached hydrogens (tertiary/aromatic N) is 2. The first-order chi connectivity index (χ1) is 11.6. The molecule has 1 amide bonds. The highest BCUT2D eigenvalue weighted by Gasteiger charge is 2.25. The van der Waals surface area contributed by atoms with Crippen molar-refractivity contribution in [1.29, 1.82) is 0 Å². The Morgan fingerprint density at radius 3 is 2.88 bits per heavy atom. The molecule has 5 heteroatoms. The molecule has 0 unspecified atom stereocenters. The van der Waals surface area contributed by atoms with E-state index in [4.69, 9.17) is 0 Å². The molecule has 1 aliphatic rings. The summed E-state index contributed by atoms with van der Waals surface area (Å²) in [5.41, 5.74) is 3.01. The number of benzene rings is 1. The van der Waals surface area contributed by atoms with Crippen molar-refractivity contribution in [2.75, 3.05) is 25.0 Å². The number of hydrogen-bond acceptors (Lipinski definition) is 3. The van der Waals surface area contributed by atoms with Crippen LogP contribution in [-0.4, -0.2) is 35.4 Å². The highest BCUT2D eigenvalue weighted by molar-refractivity contribution is 5.90. The molecule has 3 rings (SSSR count). The maximum absolute atomic E-state index is 12.9. The molecule has 0 saturated carbocycles. The van der Waals surface area contributed by atoms with Crippen LogP contribution in [0, 0.1) is 12.7 Å². The molecule has 2 heterocycles. The highest BCUT2D eigenvalue weighted by Crippen LogP contribution is 2.26. The Morgan fingerprint density at radius 2 is 2.12 bits per heavy atom. The van der Waals surface area contributed by atoms with Crippen LogP contribution in [0.4, 0.5) is 10.1 Å². The van der Waals surface area contributed by atoms with Crippen LogP contribution >= 0.6 is 0 Å². The molecule has 0 spiro atoms. The van der Waals surface area contributed by atoms with Crippen molar-refractivity contribution in [3.05, 3.63) is 59.7 Å². The number of halogens is 1. The van der Waals surface area contributed by atoms with Gasteiger partial charge >= 0.3 is 0 Å². The minimum atomic E-state index is -0.305. The topological polar surface area (TPSA) is 45.2 Å². The summed E-state index contributed by atoms with van der Waals surface area (Å²) in [5, 5.41) is 2.80. The second kappa shape index (κ2) is 7.53. The van der Waals surface area contributed by atoms with Crippen LogP contribution in [0.3, 0.4) is 0 Å². The second-order valence-corrected chi connectivity index (χ2v) is 6.35. The normalized spacial score (nSPS) is 17.8. The number of amides is 1. The number of carbonyl (C=O) groups is 1. The maximum Gasteiger partial charge on any atom is 0.225 e. The predicted molar refractivity (Wildman–Crippen MR) is 92.4 cm³/mol. The quantitative estimate of drug-likeness (QED) is 0.916. The van der Waals surface area contributed by atoms with Crippen LogP contribution < -0.4 is 5.32 Å². The van der Waals surface area contributed by atoms with Gasteiger partial charge in [0.15, 0.2) is 0 Å². The highest BCUT2D eigenvalue weighted by atomic mass is 19.1. The smallest absolute Gasteiger partial charge is 0.225 e. The molecule has 126 valence electrons. The Hall–Kier alpha value is -2.27. The SMILES string of the molecule is Cc1ccnc([C@@H]2CCN(CCC(=O)Nc3ccc(F)cc3)C2)c1. The Bertz CT molecular complexity index is 702. The van der Waals surface area contributed by atoms with E-state index in [-0.39, 0.29) is 11.7 Å². The fraction of sp³-hybridized carbons (Fsp3) is 0.368. The zero-order valence-electron chi connectivity index (χ0n) is 13.8. The summed E-state index contributed by atoms with van der Waals surface area (Å²) in [6.45, 7) is 4.75. The molecule has 0 aliphatic carbocycles. The number of nitrogens with one attached hydrogen (secondary N) is 1. The van der Waals surface area contributed by atoms with E-state index >= 15 is 0 Å². The molecule has 1 saturated heterocycles. The van der Waals surface area contributed by atoms with Crippen molar-refractivity contribution in [1.82, 2.24) is 9.88 Å². The number of carbonyl (C=O) groups excluding carboxylic acids is 1. The third-order valence-electron chi connectivity index (χ3n) is 4.41. The van der Waals surface area contributed by atoms with E-state index in [9.17, 15) is 9.18 Å². The molecule has 2 aromatic rings. The van der Waals surface area contributed by atoms with Crippen molar-refractivity contribution < 1.29 is 9.18 Å². The van der Waals surface area contributed by atoms with Gasteiger partial charge in [-0.3, -0.25) is 9.78 Å². The first-order valence-electron chi connectivity index (χ1n) is 8.30. The number of hydrogen-bond donors (Lipinski definition) is 1. The standard InChI is InChI=1S/C19H22FN3O/c1-14-6-9-21-18(12-14)15-7-10-23(13-15)11-8-19(24)22-17-4-2-16(20)3-5-17/h2-6,9,12,15H,7-8,10-11,13H2,1H3,(H,22,24)/t15-/m1/s1. The summed E-state index contributed by atoms with van der Waals surface area (Å²) in [6.07, 6.45) is 3.38. The zero-order valence-corrected chi connectivity index (χ0v) is 13.8. The molecule has 4 nitrogen and oxygen atoms in total. The first kappa shape index (κ1) is 16.6. The Kier molecular flexibility index (Phi) is 5.20. The maximum atomic E-state index is 12.9. The molecule has 1 aliphatic heterocycles. The Morgan fingerprint density at radius 1 is 1.33 bits per heavy atom. The summed E-state index contributed by atoms with van der Waals surface area (Å²) in [5.74, 6) is 0.102. The molecule has 1 aromatic heterocycles. The van der Waals surface area contributed by atoms with Gasteiger partial charge in [-0.25, -0.2) is 4.39 Å². The lowest BCUT2D eigenvalue weighted by atomic mass is 10.0. The van der Waals surface area contributed by atoms with E-state index in [1.165, 1.54) is 17.7 Å². The molecule has 1 fully saturated rings. The van der Waals surface area contributed by atoms with Gasteiger partial charge in [0.05, 0.1) is 0 Å². The van der Waals surface area contributed by atoms with Crippen LogP contribution in [0.1, 0.15) is 30.0 Å². The van der Waals surface area contributed by atoms with Crippen molar-refractivity contribution in [3.8, 4) is 0 Å². The average molecular weight is 327 g/mol. The minimum Gasteiger partial charge on any atom is -0.326 e. The third-order valence-corrected chi connectivity index (χ3v) is 4.41. The van der Waals surface area contributed by atoms with Gasteiger partial charge in [0.1, 0.15) is 5.82 Å². The average Bonchev–Trinajstić information content (AvgIpc) is 3.04. The molecule has 1 N–H and O–H groups in total. The summed E-state index contributed by atoms with van der Waals surface area (Å²) >= 11 is 0. The molecule has 0 radical (unpaired) electrons. The van der Waals surface area contributed by atoms with Gasteiger partial charge in [0.2, 0.25) is 5.91 Å². The van der Waals surface area contributed by atoms with Crippen molar-refractivity contribution in [3.63, 3.8) is 0 Å². The fourth-order valence-corrected chi connectivity index (χ4v) is 3.08. The summed E-state index contributed by atoms with van der Waals surface area (Å²) in [4.78, 5) is 18.8. The number of aryl methyl sites for hydroxylation is 1. The van der Waals surface area contributed by atoms with Crippen molar-refractivity contribution in [2.24, 2.45) is 0 Å². The van der Waals surface area contributed by atoms with E-state index in [0.717, 1.165) is 31.7 Å². The van der Waals surface area contributed by atoms with Crippen LogP contribution in [0.2, 0.25) is 0 Å². The van der Waals surface area contributed by atoms with E-state index in [0.29, 0.717) is 18.0 Å². The van der Waals surface area contributed by atoms with Crippen LogP contribution in [0.25, 0.3) is 0 Å². The van der Waals surface area contributed by atoms with Crippen LogP contribution in [0.15, 0.2) is 42.6 Å². The third kappa shape index (κ3) is 4.38. The first-order valence-corrected chi connectivity index (χ1v) is 8.30. The monoisotopic (exact) mass is 327 g/mol. The summed E-state index contributed by atoms with van der Waals surface area (Å²) in [7, 11) is 0. The van der Waals surface area contributed by atoms with Crippen LogP contribution in [-0.2, 0) is 4.79 Å². The number of likely N-dealkylation sites (tertiary alicyclic amines) is 1. The molecule has 1 atom stereocenters. The van der Waals surface area contributed by atoms with Crippen molar-refractivity contribution >= 4 is 11.6 Å². The van der Waals surface area contributed by atoms with Crippen LogP contribution in [0.5, 0.6) is 0 Å².